The van der Waals surface area contributed by atoms with Gasteiger partial charge in [0.25, 0.3) is 0 Å². The number of benzene rings is 3. The molecule has 196 valence electrons. The first-order valence-electron chi connectivity index (χ1n) is 11.9. The van der Waals surface area contributed by atoms with E-state index in [2.05, 4.69) is 0 Å². The summed E-state index contributed by atoms with van der Waals surface area (Å²) in [5.41, 5.74) is 0.775. The molecule has 9 heteroatoms. The van der Waals surface area contributed by atoms with E-state index in [1.165, 1.54) is 0 Å². The molecule has 0 bridgehead atoms. The summed E-state index contributed by atoms with van der Waals surface area (Å²) in [6, 6.07) is 24.6. The van der Waals surface area contributed by atoms with Crippen LogP contribution in [-0.4, -0.2) is 54.6 Å². The van der Waals surface area contributed by atoms with E-state index in [-0.39, 0.29) is 11.1 Å². The second-order valence-electron chi connectivity index (χ2n) is 8.53. The first-order chi connectivity index (χ1) is 18.3. The van der Waals surface area contributed by atoms with Gasteiger partial charge >= 0.3 is 23.9 Å². The topological polar surface area (TPSA) is 114 Å². The van der Waals surface area contributed by atoms with Crippen LogP contribution in [0.5, 0.6) is 0 Å². The summed E-state index contributed by atoms with van der Waals surface area (Å²) >= 11 is 0. The quantitative estimate of drug-likeness (QED) is 0.323. The number of rotatable bonds is 8. The fourth-order valence-electron chi connectivity index (χ4n) is 3.95. The highest BCUT2D eigenvalue weighted by Crippen LogP contribution is 2.32. The highest BCUT2D eigenvalue weighted by Gasteiger charge is 2.54. The Labute approximate surface area is 219 Å². The van der Waals surface area contributed by atoms with E-state index in [4.69, 9.17) is 23.7 Å². The summed E-state index contributed by atoms with van der Waals surface area (Å²) < 4.78 is 28.2. The molecule has 3 aromatic rings. The lowest BCUT2D eigenvalue weighted by Gasteiger charge is -2.26. The van der Waals surface area contributed by atoms with Gasteiger partial charge < -0.3 is 23.7 Å². The third-order valence-electron chi connectivity index (χ3n) is 5.76. The maximum absolute atomic E-state index is 13.0. The van der Waals surface area contributed by atoms with Crippen LogP contribution in [0.3, 0.4) is 0 Å². The summed E-state index contributed by atoms with van der Waals surface area (Å²) in [6.07, 6.45) is -6.17. The van der Waals surface area contributed by atoms with Crippen LogP contribution in [0.4, 0.5) is 0 Å². The van der Waals surface area contributed by atoms with Crippen LogP contribution in [0.15, 0.2) is 91.0 Å². The van der Waals surface area contributed by atoms with E-state index in [0.717, 1.165) is 6.92 Å². The molecule has 0 aliphatic carbocycles. The van der Waals surface area contributed by atoms with Gasteiger partial charge in [-0.25, -0.2) is 14.4 Å². The SMILES string of the molecule is CC(=O)OC1O[C@@H]([C@H](C)OC(=O)c2ccccc2)[C@@H](OC(=O)c2ccccc2)[C@H]1OC(=O)c1ccccc1. The van der Waals surface area contributed by atoms with Gasteiger partial charge in [-0.05, 0) is 43.3 Å². The average Bonchev–Trinajstić information content (AvgIpc) is 3.25. The molecule has 4 rings (SSSR count). The summed E-state index contributed by atoms with van der Waals surface area (Å²) in [7, 11) is 0. The lowest BCUT2D eigenvalue weighted by molar-refractivity contribution is -0.191. The number of esters is 4. The van der Waals surface area contributed by atoms with Gasteiger partial charge in [-0.3, -0.25) is 4.79 Å². The highest BCUT2D eigenvalue weighted by atomic mass is 16.8. The van der Waals surface area contributed by atoms with Crippen molar-refractivity contribution in [2.45, 2.75) is 44.6 Å². The summed E-state index contributed by atoms with van der Waals surface area (Å²) in [6.45, 7) is 2.71. The Morgan fingerprint density at radius 2 is 1.05 bits per heavy atom. The standard InChI is InChI=1S/C29H26O9/c1-18(34-26(31)20-12-6-3-7-13-20)23-24(36-27(32)21-14-8-4-9-15-21)25(29(38-23)35-19(2)30)37-28(33)22-16-10-5-11-17-22/h3-18,23-25,29H,1-2H3/t18-,23-,24+,25+,29?/m0/s1. The van der Waals surface area contributed by atoms with Gasteiger partial charge in [-0.15, -0.1) is 0 Å². The molecule has 0 N–H and O–H groups in total. The Kier molecular flexibility index (Phi) is 8.50. The van der Waals surface area contributed by atoms with Crippen LogP contribution in [-0.2, 0) is 28.5 Å². The van der Waals surface area contributed by atoms with Crippen molar-refractivity contribution in [3.8, 4) is 0 Å². The minimum atomic E-state index is -1.42. The zero-order chi connectivity index (χ0) is 27.1. The van der Waals surface area contributed by atoms with Gasteiger partial charge in [0, 0.05) is 6.92 Å². The van der Waals surface area contributed by atoms with E-state index in [9.17, 15) is 19.2 Å². The van der Waals surface area contributed by atoms with Gasteiger partial charge in [0.1, 0.15) is 12.2 Å². The maximum Gasteiger partial charge on any atom is 0.338 e. The molecule has 5 atom stereocenters. The fraction of sp³-hybridized carbons (Fsp3) is 0.241. The van der Waals surface area contributed by atoms with Crippen molar-refractivity contribution >= 4 is 23.9 Å². The molecule has 0 spiro atoms. The third-order valence-corrected chi connectivity index (χ3v) is 5.76. The molecule has 9 nitrogen and oxygen atoms in total. The van der Waals surface area contributed by atoms with Crippen molar-refractivity contribution in [2.75, 3.05) is 0 Å². The largest absolute Gasteiger partial charge is 0.456 e. The lowest BCUT2D eigenvalue weighted by Crippen LogP contribution is -2.45. The second kappa shape index (κ2) is 12.2. The second-order valence-corrected chi connectivity index (χ2v) is 8.53. The van der Waals surface area contributed by atoms with Crippen LogP contribution in [0.2, 0.25) is 0 Å². The molecule has 1 aliphatic heterocycles. The van der Waals surface area contributed by atoms with Gasteiger partial charge in [0.05, 0.1) is 16.7 Å². The van der Waals surface area contributed by atoms with Crippen molar-refractivity contribution < 1.29 is 42.9 Å². The first-order valence-corrected chi connectivity index (χ1v) is 11.9. The average molecular weight is 519 g/mol. The minimum absolute atomic E-state index is 0.231. The molecule has 0 aromatic heterocycles. The number of hydrogen-bond donors (Lipinski definition) is 0. The summed E-state index contributed by atoms with van der Waals surface area (Å²) in [5.74, 6) is -2.82. The molecule has 0 amide bonds. The van der Waals surface area contributed by atoms with Crippen molar-refractivity contribution in [1.82, 2.24) is 0 Å². The molecule has 1 aliphatic rings. The molecular formula is C29H26O9. The van der Waals surface area contributed by atoms with E-state index >= 15 is 0 Å². The Hall–Kier alpha value is -4.50. The molecule has 3 aromatic carbocycles. The molecule has 0 saturated carbocycles. The number of ether oxygens (including phenoxy) is 5. The highest BCUT2D eigenvalue weighted by molar-refractivity contribution is 5.91. The zero-order valence-corrected chi connectivity index (χ0v) is 20.7. The van der Waals surface area contributed by atoms with Crippen LogP contribution in [0, 0.1) is 0 Å². The molecule has 1 heterocycles. The minimum Gasteiger partial charge on any atom is -0.456 e. The summed E-state index contributed by atoms with van der Waals surface area (Å²) in [5, 5.41) is 0. The van der Waals surface area contributed by atoms with Gasteiger partial charge in [-0.1, -0.05) is 54.6 Å². The number of carbonyl (C=O) groups excluding carboxylic acids is 4. The smallest absolute Gasteiger partial charge is 0.338 e. The molecule has 1 saturated heterocycles. The molecule has 1 unspecified atom stereocenters. The predicted molar refractivity (Wildman–Crippen MR) is 133 cm³/mol. The van der Waals surface area contributed by atoms with Gasteiger partial charge in [0.2, 0.25) is 12.4 Å². The van der Waals surface area contributed by atoms with Crippen molar-refractivity contribution in [3.05, 3.63) is 108 Å². The Morgan fingerprint density at radius 3 is 1.50 bits per heavy atom. The normalized spacial score (nSPS) is 21.1. The van der Waals surface area contributed by atoms with Gasteiger partial charge in [0.15, 0.2) is 6.10 Å². The number of hydrogen-bond acceptors (Lipinski definition) is 9. The van der Waals surface area contributed by atoms with Crippen molar-refractivity contribution in [2.24, 2.45) is 0 Å². The first kappa shape index (κ1) is 26.6. The van der Waals surface area contributed by atoms with Crippen molar-refractivity contribution in [3.63, 3.8) is 0 Å². The molecule has 38 heavy (non-hydrogen) atoms. The Bertz CT molecular complexity index is 1260. The van der Waals surface area contributed by atoms with E-state index < -0.39 is 54.6 Å². The molecule has 0 radical (unpaired) electrons. The van der Waals surface area contributed by atoms with E-state index in [0.29, 0.717) is 5.56 Å². The predicted octanol–water partition coefficient (Wildman–Crippen LogP) is 3.97. The summed E-state index contributed by atoms with van der Waals surface area (Å²) in [4.78, 5) is 50.5. The number of carbonyl (C=O) groups is 4. The molecular weight excluding hydrogens is 492 g/mol. The van der Waals surface area contributed by atoms with Crippen LogP contribution in [0.1, 0.15) is 44.9 Å². The van der Waals surface area contributed by atoms with Crippen LogP contribution in [0.25, 0.3) is 0 Å². The lowest BCUT2D eigenvalue weighted by atomic mass is 10.1. The van der Waals surface area contributed by atoms with E-state index in [1.807, 2.05) is 0 Å². The van der Waals surface area contributed by atoms with Crippen LogP contribution >= 0.6 is 0 Å². The van der Waals surface area contributed by atoms with Crippen LogP contribution < -0.4 is 0 Å². The van der Waals surface area contributed by atoms with E-state index in [1.54, 1.807) is 97.9 Å². The van der Waals surface area contributed by atoms with Gasteiger partial charge in [-0.2, -0.15) is 0 Å². The zero-order valence-electron chi connectivity index (χ0n) is 20.7. The third kappa shape index (κ3) is 6.43. The maximum atomic E-state index is 13.0. The fourth-order valence-corrected chi connectivity index (χ4v) is 3.95. The van der Waals surface area contributed by atoms with Crippen molar-refractivity contribution in [1.29, 1.82) is 0 Å². The monoisotopic (exact) mass is 518 g/mol. The molecule has 1 fully saturated rings. The Balaban J connectivity index is 1.63. The Morgan fingerprint density at radius 1 is 0.632 bits per heavy atom.